The van der Waals surface area contributed by atoms with Gasteiger partial charge in [0.25, 0.3) is 0 Å². The summed E-state index contributed by atoms with van der Waals surface area (Å²) >= 11 is 0. The summed E-state index contributed by atoms with van der Waals surface area (Å²) in [6.07, 6.45) is 0. The molecule has 2 aromatic carbocycles. The predicted molar refractivity (Wildman–Crippen MR) is 114 cm³/mol. The highest BCUT2D eigenvalue weighted by molar-refractivity contribution is 5.78. The molecular weight excluding hydrogens is 385 g/mol. The molecule has 1 heterocycles. The van der Waals surface area contributed by atoms with Crippen molar-refractivity contribution in [3.8, 4) is 11.5 Å². The summed E-state index contributed by atoms with van der Waals surface area (Å²) in [5.41, 5.74) is 1.62. The minimum absolute atomic E-state index is 0.0578. The third-order valence-corrected chi connectivity index (χ3v) is 5.49. The molecule has 0 unspecified atom stereocenters. The summed E-state index contributed by atoms with van der Waals surface area (Å²) in [6, 6.07) is 12.6. The Bertz CT molecular complexity index is 853. The maximum Gasteiger partial charge on any atom is 0.236 e. The Morgan fingerprint density at radius 1 is 0.967 bits per heavy atom. The molecule has 0 saturated carbocycles. The second kappa shape index (κ2) is 10.4. The van der Waals surface area contributed by atoms with Gasteiger partial charge in [0, 0.05) is 57.4 Å². The maximum atomic E-state index is 13.9. The summed E-state index contributed by atoms with van der Waals surface area (Å²) in [5.74, 6) is 1.20. The first kappa shape index (κ1) is 22.1. The van der Waals surface area contributed by atoms with E-state index in [0.717, 1.165) is 31.7 Å². The molecule has 0 atom stereocenters. The van der Waals surface area contributed by atoms with Crippen molar-refractivity contribution in [3.63, 3.8) is 0 Å². The average molecular weight is 416 g/mol. The molecule has 0 aromatic heterocycles. The molecule has 0 bridgehead atoms. The Morgan fingerprint density at radius 3 is 2.30 bits per heavy atom. The number of ether oxygens (including phenoxy) is 2. The van der Waals surface area contributed by atoms with E-state index in [4.69, 9.17) is 9.47 Å². The van der Waals surface area contributed by atoms with Gasteiger partial charge in [-0.05, 0) is 12.1 Å². The molecule has 1 fully saturated rings. The second-order valence-electron chi connectivity index (χ2n) is 7.55. The number of halogens is 1. The van der Waals surface area contributed by atoms with E-state index in [9.17, 15) is 9.18 Å². The normalized spacial score (nSPS) is 15.1. The zero-order chi connectivity index (χ0) is 21.5. The van der Waals surface area contributed by atoms with Crippen LogP contribution in [0.4, 0.5) is 4.39 Å². The van der Waals surface area contributed by atoms with Crippen molar-refractivity contribution in [2.75, 3.05) is 54.0 Å². The van der Waals surface area contributed by atoms with Gasteiger partial charge in [0.05, 0.1) is 20.8 Å². The molecule has 0 aliphatic carbocycles. The Morgan fingerprint density at radius 2 is 1.63 bits per heavy atom. The van der Waals surface area contributed by atoms with Crippen LogP contribution in [0.2, 0.25) is 0 Å². The van der Waals surface area contributed by atoms with Crippen molar-refractivity contribution in [2.45, 2.75) is 13.1 Å². The number of carbonyl (C=O) groups is 1. The molecule has 0 spiro atoms. The topological polar surface area (TPSA) is 45.2 Å². The van der Waals surface area contributed by atoms with Crippen LogP contribution in [0.1, 0.15) is 11.1 Å². The fraction of sp³-hybridized carbons (Fsp3) is 0.435. The minimum Gasteiger partial charge on any atom is -0.493 e. The van der Waals surface area contributed by atoms with Gasteiger partial charge in [-0.25, -0.2) is 4.39 Å². The molecule has 6 nitrogen and oxygen atoms in total. The summed E-state index contributed by atoms with van der Waals surface area (Å²) < 4.78 is 24.7. The van der Waals surface area contributed by atoms with E-state index >= 15 is 0 Å². The first-order valence-corrected chi connectivity index (χ1v) is 10.1. The standard InChI is InChI=1S/C23H30FN3O3/c1-25(15-19-8-6-10-21(29-2)23(19)30-3)22(28)17-27-13-11-26(12-14-27)16-18-7-4-5-9-20(18)24/h4-10H,11-17H2,1-3H3. The molecule has 0 N–H and O–H groups in total. The van der Waals surface area contributed by atoms with Crippen LogP contribution in [0, 0.1) is 5.82 Å². The number of carbonyl (C=O) groups excluding carboxylic acids is 1. The van der Waals surface area contributed by atoms with E-state index < -0.39 is 0 Å². The highest BCUT2D eigenvalue weighted by Gasteiger charge is 2.22. The lowest BCUT2D eigenvalue weighted by atomic mass is 10.1. The molecule has 162 valence electrons. The summed E-state index contributed by atoms with van der Waals surface area (Å²) in [6.45, 7) is 4.63. The maximum absolute atomic E-state index is 13.9. The van der Waals surface area contributed by atoms with E-state index in [1.165, 1.54) is 6.07 Å². The number of methoxy groups -OCH3 is 2. The Labute approximate surface area is 177 Å². The van der Waals surface area contributed by atoms with Crippen molar-refractivity contribution >= 4 is 5.91 Å². The van der Waals surface area contributed by atoms with Crippen LogP contribution >= 0.6 is 0 Å². The summed E-state index contributed by atoms with van der Waals surface area (Å²) in [7, 11) is 5.00. The molecule has 3 rings (SSSR count). The number of benzene rings is 2. The van der Waals surface area contributed by atoms with E-state index in [1.807, 2.05) is 30.3 Å². The van der Waals surface area contributed by atoms with Crippen LogP contribution in [-0.4, -0.2) is 74.6 Å². The van der Waals surface area contributed by atoms with Gasteiger partial charge in [-0.1, -0.05) is 30.3 Å². The van der Waals surface area contributed by atoms with E-state index in [2.05, 4.69) is 9.80 Å². The van der Waals surface area contributed by atoms with Gasteiger partial charge in [0.2, 0.25) is 5.91 Å². The van der Waals surface area contributed by atoms with Crippen LogP contribution in [0.15, 0.2) is 42.5 Å². The molecule has 1 aliphatic heterocycles. The van der Waals surface area contributed by atoms with Gasteiger partial charge >= 0.3 is 0 Å². The number of amides is 1. The van der Waals surface area contributed by atoms with Crippen molar-refractivity contribution in [1.29, 1.82) is 0 Å². The molecule has 1 saturated heterocycles. The van der Waals surface area contributed by atoms with Crippen LogP contribution in [0.25, 0.3) is 0 Å². The second-order valence-corrected chi connectivity index (χ2v) is 7.55. The minimum atomic E-state index is -0.162. The Kier molecular flexibility index (Phi) is 7.65. The van der Waals surface area contributed by atoms with Crippen LogP contribution < -0.4 is 9.47 Å². The van der Waals surface area contributed by atoms with Crippen molar-refractivity contribution in [3.05, 3.63) is 59.4 Å². The Hall–Kier alpha value is -2.64. The average Bonchev–Trinajstić information content (AvgIpc) is 2.76. The number of likely N-dealkylation sites (N-methyl/N-ethyl adjacent to an activating group) is 1. The third kappa shape index (κ3) is 5.49. The van der Waals surface area contributed by atoms with Gasteiger partial charge in [-0.3, -0.25) is 14.6 Å². The highest BCUT2D eigenvalue weighted by atomic mass is 19.1. The SMILES string of the molecule is COc1cccc(CN(C)C(=O)CN2CCN(Cc3ccccc3F)CC2)c1OC. The van der Waals surface area contributed by atoms with Crippen molar-refractivity contribution in [1.82, 2.24) is 14.7 Å². The molecule has 1 aliphatic rings. The quantitative estimate of drug-likeness (QED) is 0.663. The zero-order valence-electron chi connectivity index (χ0n) is 17.9. The highest BCUT2D eigenvalue weighted by Crippen LogP contribution is 2.31. The van der Waals surface area contributed by atoms with Gasteiger partial charge in [-0.2, -0.15) is 0 Å². The number of rotatable bonds is 8. The van der Waals surface area contributed by atoms with Gasteiger partial charge < -0.3 is 14.4 Å². The zero-order valence-corrected chi connectivity index (χ0v) is 17.9. The van der Waals surface area contributed by atoms with Crippen molar-refractivity contribution in [2.24, 2.45) is 0 Å². The molecular formula is C23H30FN3O3. The van der Waals surface area contributed by atoms with Crippen molar-refractivity contribution < 1.29 is 18.7 Å². The summed E-state index contributed by atoms with van der Waals surface area (Å²) in [4.78, 5) is 18.8. The fourth-order valence-corrected chi connectivity index (χ4v) is 3.71. The number of nitrogens with zero attached hydrogens (tertiary/aromatic N) is 3. The molecule has 30 heavy (non-hydrogen) atoms. The monoisotopic (exact) mass is 415 g/mol. The largest absolute Gasteiger partial charge is 0.493 e. The van der Waals surface area contributed by atoms with Gasteiger partial charge in [0.15, 0.2) is 11.5 Å². The van der Waals surface area contributed by atoms with E-state index in [0.29, 0.717) is 36.7 Å². The van der Waals surface area contributed by atoms with E-state index in [1.54, 1.807) is 32.2 Å². The lowest BCUT2D eigenvalue weighted by molar-refractivity contribution is -0.132. The number of piperazine rings is 1. The number of para-hydroxylation sites is 1. The Balaban J connectivity index is 1.49. The fourth-order valence-electron chi connectivity index (χ4n) is 3.71. The summed E-state index contributed by atoms with van der Waals surface area (Å²) in [5, 5.41) is 0. The first-order chi connectivity index (χ1) is 14.5. The van der Waals surface area contributed by atoms with Crippen LogP contribution in [0.3, 0.4) is 0 Å². The molecule has 1 amide bonds. The number of hydrogen-bond acceptors (Lipinski definition) is 5. The van der Waals surface area contributed by atoms with Gasteiger partial charge in [0.1, 0.15) is 5.82 Å². The van der Waals surface area contributed by atoms with Crippen LogP contribution in [0.5, 0.6) is 11.5 Å². The van der Waals surface area contributed by atoms with Crippen LogP contribution in [-0.2, 0) is 17.9 Å². The van der Waals surface area contributed by atoms with Gasteiger partial charge in [-0.15, -0.1) is 0 Å². The molecule has 0 radical (unpaired) electrons. The lowest BCUT2D eigenvalue weighted by Gasteiger charge is -2.35. The van der Waals surface area contributed by atoms with E-state index in [-0.39, 0.29) is 11.7 Å². The smallest absolute Gasteiger partial charge is 0.236 e. The first-order valence-electron chi connectivity index (χ1n) is 10.1. The molecule has 2 aromatic rings. The lowest BCUT2D eigenvalue weighted by Crippen LogP contribution is -2.49. The molecule has 7 heteroatoms. The predicted octanol–water partition coefficient (Wildman–Crippen LogP) is 2.62. The number of hydrogen-bond donors (Lipinski definition) is 0. The third-order valence-electron chi connectivity index (χ3n) is 5.49.